The Balaban J connectivity index is 1.98. The van der Waals surface area contributed by atoms with Crippen LogP contribution in [0.25, 0.3) is 0 Å². The van der Waals surface area contributed by atoms with Crippen molar-refractivity contribution in [2.45, 2.75) is 0 Å². The van der Waals surface area contributed by atoms with E-state index in [1.54, 1.807) is 0 Å². The number of anilines is 1. The fourth-order valence-corrected chi connectivity index (χ4v) is 1.88. The zero-order chi connectivity index (χ0) is 14.2. The summed E-state index contributed by atoms with van der Waals surface area (Å²) in [7, 11) is 0. The van der Waals surface area contributed by atoms with Gasteiger partial charge in [-0.05, 0) is 42.7 Å². The van der Waals surface area contributed by atoms with E-state index < -0.39 is 0 Å². The highest BCUT2D eigenvalue weighted by atomic mass is 32.2. The van der Waals surface area contributed by atoms with E-state index in [0.717, 1.165) is 17.1 Å². The van der Waals surface area contributed by atoms with Crippen LogP contribution < -0.4 is 5.32 Å². The van der Waals surface area contributed by atoms with E-state index in [4.69, 9.17) is 0 Å². The largest absolute Gasteiger partial charge is 0.325 e. The topological polar surface area (TPSA) is 53.8 Å². The Morgan fingerprint density at radius 2 is 1.60 bits per heavy atom. The van der Waals surface area contributed by atoms with Crippen molar-refractivity contribution >= 4 is 34.7 Å². The average molecular weight is 285 g/mol. The molecule has 0 aliphatic heterocycles. The minimum absolute atomic E-state index is 0.00355. The van der Waals surface area contributed by atoms with E-state index in [9.17, 15) is 4.79 Å². The number of nitrogens with one attached hydrogen (secondary N) is 1. The summed E-state index contributed by atoms with van der Waals surface area (Å²) in [5.41, 5.74) is 2.32. The predicted octanol–water partition coefficient (Wildman–Crippen LogP) is 4.40. The monoisotopic (exact) mass is 285 g/mol. The van der Waals surface area contributed by atoms with Gasteiger partial charge in [-0.25, -0.2) is 0 Å². The van der Waals surface area contributed by atoms with Crippen molar-refractivity contribution in [2.75, 3.05) is 17.3 Å². The summed E-state index contributed by atoms with van der Waals surface area (Å²) in [4.78, 5) is 11.4. The molecule has 2 aromatic rings. The molecule has 0 aliphatic carbocycles. The molecular formula is C15H15N3OS. The second-order valence-electron chi connectivity index (χ2n) is 4.06. The summed E-state index contributed by atoms with van der Waals surface area (Å²) in [5, 5.41) is 11.1. The van der Waals surface area contributed by atoms with Crippen molar-refractivity contribution in [2.24, 2.45) is 10.2 Å². The van der Waals surface area contributed by atoms with Gasteiger partial charge in [-0.2, -0.15) is 22.0 Å². The van der Waals surface area contributed by atoms with Crippen molar-refractivity contribution in [3.05, 3.63) is 54.6 Å². The maximum absolute atomic E-state index is 11.4. The van der Waals surface area contributed by atoms with Crippen molar-refractivity contribution in [3.63, 3.8) is 0 Å². The molecule has 1 amide bonds. The van der Waals surface area contributed by atoms with Gasteiger partial charge in [0.15, 0.2) is 0 Å². The Labute approximate surface area is 122 Å². The fourth-order valence-electron chi connectivity index (χ4n) is 1.55. The van der Waals surface area contributed by atoms with Crippen LogP contribution in [-0.2, 0) is 4.79 Å². The third-order valence-corrected chi connectivity index (χ3v) is 3.01. The third kappa shape index (κ3) is 4.51. The first-order valence-electron chi connectivity index (χ1n) is 6.13. The second-order valence-corrected chi connectivity index (χ2v) is 4.93. The van der Waals surface area contributed by atoms with E-state index in [0.29, 0.717) is 5.75 Å². The van der Waals surface area contributed by atoms with E-state index in [1.807, 2.05) is 60.9 Å². The van der Waals surface area contributed by atoms with Crippen LogP contribution in [0.1, 0.15) is 0 Å². The summed E-state index contributed by atoms with van der Waals surface area (Å²) >= 11 is 1.49. The maximum Gasteiger partial charge on any atom is 0.234 e. The quantitative estimate of drug-likeness (QED) is 0.828. The van der Waals surface area contributed by atoms with Crippen LogP contribution >= 0.6 is 11.8 Å². The fraction of sp³-hybridized carbons (Fsp3) is 0.133. The van der Waals surface area contributed by atoms with Gasteiger partial charge in [0, 0.05) is 5.69 Å². The van der Waals surface area contributed by atoms with Crippen LogP contribution in [0.2, 0.25) is 0 Å². The maximum atomic E-state index is 11.4. The Hall–Kier alpha value is -2.14. The van der Waals surface area contributed by atoms with Gasteiger partial charge < -0.3 is 5.32 Å². The molecular weight excluding hydrogens is 270 g/mol. The predicted molar refractivity (Wildman–Crippen MR) is 84.1 cm³/mol. The first kappa shape index (κ1) is 14.3. The molecule has 0 aliphatic rings. The van der Waals surface area contributed by atoms with Crippen LogP contribution in [0, 0.1) is 0 Å². The molecule has 0 bridgehead atoms. The number of carbonyl (C=O) groups is 1. The molecule has 102 valence electrons. The number of hydrogen-bond acceptors (Lipinski definition) is 4. The molecule has 0 spiro atoms. The van der Waals surface area contributed by atoms with Crippen molar-refractivity contribution < 1.29 is 4.79 Å². The van der Waals surface area contributed by atoms with E-state index in [1.165, 1.54) is 11.8 Å². The Morgan fingerprint density at radius 3 is 2.20 bits per heavy atom. The molecule has 5 heteroatoms. The lowest BCUT2D eigenvalue weighted by Gasteiger charge is -2.03. The number of rotatable bonds is 5. The lowest BCUT2D eigenvalue weighted by molar-refractivity contribution is -0.113. The lowest BCUT2D eigenvalue weighted by Crippen LogP contribution is -2.13. The Kier molecular flexibility index (Phi) is 5.32. The van der Waals surface area contributed by atoms with Crippen LogP contribution in [0.3, 0.4) is 0 Å². The molecule has 2 aromatic carbocycles. The van der Waals surface area contributed by atoms with Crippen molar-refractivity contribution in [3.8, 4) is 0 Å². The SMILES string of the molecule is CSCC(=O)Nc1ccc(N=Nc2ccccc2)cc1. The molecule has 20 heavy (non-hydrogen) atoms. The van der Waals surface area contributed by atoms with Gasteiger partial charge in [-0.1, -0.05) is 18.2 Å². The lowest BCUT2D eigenvalue weighted by atomic mass is 10.3. The molecule has 0 atom stereocenters. The Morgan fingerprint density at radius 1 is 1.00 bits per heavy atom. The summed E-state index contributed by atoms with van der Waals surface area (Å²) in [6, 6.07) is 16.8. The van der Waals surface area contributed by atoms with Gasteiger partial charge in [-0.3, -0.25) is 4.79 Å². The molecule has 0 radical (unpaired) electrons. The third-order valence-electron chi connectivity index (χ3n) is 2.46. The number of hydrogen-bond donors (Lipinski definition) is 1. The number of carbonyl (C=O) groups excluding carboxylic acids is 1. The summed E-state index contributed by atoms with van der Waals surface area (Å²) in [6.07, 6.45) is 1.90. The summed E-state index contributed by atoms with van der Waals surface area (Å²) in [5.74, 6) is 0.450. The number of benzene rings is 2. The Bertz CT molecular complexity index is 582. The van der Waals surface area contributed by atoms with E-state index >= 15 is 0 Å². The normalized spacial score (nSPS) is 10.7. The van der Waals surface area contributed by atoms with Gasteiger partial charge in [0.1, 0.15) is 0 Å². The first-order valence-corrected chi connectivity index (χ1v) is 7.53. The van der Waals surface area contributed by atoms with Gasteiger partial charge >= 0.3 is 0 Å². The molecule has 4 nitrogen and oxygen atoms in total. The average Bonchev–Trinajstić information content (AvgIpc) is 2.48. The molecule has 2 rings (SSSR count). The highest BCUT2D eigenvalue weighted by Crippen LogP contribution is 2.20. The number of azo groups is 1. The molecule has 0 unspecified atom stereocenters. The van der Waals surface area contributed by atoms with E-state index in [-0.39, 0.29) is 5.91 Å². The second kappa shape index (κ2) is 7.45. The number of thioether (sulfide) groups is 1. The molecule has 1 N–H and O–H groups in total. The van der Waals surface area contributed by atoms with Gasteiger partial charge in [0.25, 0.3) is 0 Å². The van der Waals surface area contributed by atoms with Gasteiger partial charge in [-0.15, -0.1) is 0 Å². The molecule has 0 saturated heterocycles. The molecule has 0 fully saturated rings. The van der Waals surface area contributed by atoms with Crippen LogP contribution in [-0.4, -0.2) is 17.9 Å². The zero-order valence-electron chi connectivity index (χ0n) is 11.1. The smallest absolute Gasteiger partial charge is 0.234 e. The number of amides is 1. The first-order chi connectivity index (χ1) is 9.78. The highest BCUT2D eigenvalue weighted by molar-refractivity contribution is 7.99. The standard InChI is InChI=1S/C15H15N3OS/c1-20-11-15(19)16-12-7-9-14(10-8-12)18-17-13-5-3-2-4-6-13/h2-10H,11H2,1H3,(H,16,19). The zero-order valence-corrected chi connectivity index (χ0v) is 11.9. The molecule has 0 saturated carbocycles. The van der Waals surface area contributed by atoms with Gasteiger partial charge in [0.05, 0.1) is 17.1 Å². The van der Waals surface area contributed by atoms with Crippen molar-refractivity contribution in [1.29, 1.82) is 0 Å². The highest BCUT2D eigenvalue weighted by Gasteiger charge is 2.00. The van der Waals surface area contributed by atoms with Crippen LogP contribution in [0.4, 0.5) is 17.1 Å². The van der Waals surface area contributed by atoms with Crippen LogP contribution in [0.15, 0.2) is 64.8 Å². The van der Waals surface area contributed by atoms with Crippen LogP contribution in [0.5, 0.6) is 0 Å². The van der Waals surface area contributed by atoms with E-state index in [2.05, 4.69) is 15.5 Å². The van der Waals surface area contributed by atoms with Gasteiger partial charge in [0.2, 0.25) is 5.91 Å². The van der Waals surface area contributed by atoms with Crippen molar-refractivity contribution in [1.82, 2.24) is 0 Å². The minimum Gasteiger partial charge on any atom is -0.325 e. The summed E-state index contributed by atoms with van der Waals surface area (Å²) in [6.45, 7) is 0. The molecule has 0 heterocycles. The minimum atomic E-state index is -0.00355. The summed E-state index contributed by atoms with van der Waals surface area (Å²) < 4.78 is 0. The molecule has 0 aromatic heterocycles. The number of nitrogens with zero attached hydrogens (tertiary/aromatic N) is 2.